The molecule has 0 radical (unpaired) electrons. The number of pyridine rings is 2. The van der Waals surface area contributed by atoms with E-state index in [2.05, 4.69) is 9.97 Å². The fourth-order valence-electron chi connectivity index (χ4n) is 1.98. The molecule has 0 fully saturated rings. The summed E-state index contributed by atoms with van der Waals surface area (Å²) in [4.78, 5) is 18.8. The first-order valence-corrected chi connectivity index (χ1v) is 6.96. The number of hydrogen-bond donors (Lipinski definition) is 1. The third kappa shape index (κ3) is 2.69. The molecule has 3 nitrogen and oxygen atoms in total. The van der Waals surface area contributed by atoms with Crippen LogP contribution in [0.2, 0.25) is 0 Å². The lowest BCUT2D eigenvalue weighted by Gasteiger charge is -2.05. The summed E-state index contributed by atoms with van der Waals surface area (Å²) in [7, 11) is 0. The van der Waals surface area contributed by atoms with Gasteiger partial charge >= 0.3 is 0 Å². The summed E-state index contributed by atoms with van der Waals surface area (Å²) in [5.41, 5.74) is 1.86. The molecule has 1 aromatic carbocycles. The quantitative estimate of drug-likeness (QED) is 0.742. The minimum absolute atomic E-state index is 0.0599. The second kappa shape index (κ2) is 5.28. The lowest BCUT2D eigenvalue weighted by molar-refractivity contribution is 1.13. The Kier molecular flexibility index (Phi) is 3.33. The monoisotopic (exact) mass is 268 g/mol. The van der Waals surface area contributed by atoms with Crippen LogP contribution >= 0.6 is 11.8 Å². The van der Waals surface area contributed by atoms with Crippen molar-refractivity contribution in [2.24, 2.45) is 0 Å². The van der Waals surface area contributed by atoms with E-state index in [-0.39, 0.29) is 5.56 Å². The zero-order valence-corrected chi connectivity index (χ0v) is 11.0. The van der Waals surface area contributed by atoms with Crippen molar-refractivity contribution in [3.63, 3.8) is 0 Å². The van der Waals surface area contributed by atoms with Gasteiger partial charge in [0.05, 0.1) is 5.03 Å². The molecule has 3 rings (SSSR count). The van der Waals surface area contributed by atoms with Gasteiger partial charge in [0.25, 0.3) is 0 Å². The SMILES string of the molecule is O=c1cc(CSc2ccccn2)c2ccccc2[nH]1. The molecule has 0 aliphatic heterocycles. The number of rotatable bonds is 3. The Balaban J connectivity index is 1.94. The lowest BCUT2D eigenvalue weighted by atomic mass is 10.1. The smallest absolute Gasteiger partial charge is 0.248 e. The van der Waals surface area contributed by atoms with Crippen molar-refractivity contribution in [1.29, 1.82) is 0 Å². The molecule has 3 aromatic rings. The van der Waals surface area contributed by atoms with Crippen LogP contribution in [0.25, 0.3) is 10.9 Å². The van der Waals surface area contributed by atoms with Gasteiger partial charge in [-0.2, -0.15) is 0 Å². The number of hydrogen-bond acceptors (Lipinski definition) is 3. The number of fused-ring (bicyclic) bond motifs is 1. The summed E-state index contributed by atoms with van der Waals surface area (Å²) in [6.07, 6.45) is 1.78. The Bertz CT molecular complexity index is 753. The van der Waals surface area contributed by atoms with E-state index in [0.29, 0.717) is 0 Å². The molecule has 19 heavy (non-hydrogen) atoms. The summed E-state index contributed by atoms with van der Waals surface area (Å²) >= 11 is 1.63. The van der Waals surface area contributed by atoms with E-state index in [0.717, 1.165) is 27.2 Å². The van der Waals surface area contributed by atoms with Gasteiger partial charge in [0.2, 0.25) is 5.56 Å². The average Bonchev–Trinajstić information content (AvgIpc) is 2.45. The van der Waals surface area contributed by atoms with Crippen LogP contribution in [-0.2, 0) is 5.75 Å². The second-order valence-electron chi connectivity index (χ2n) is 4.16. The number of aromatic amines is 1. The summed E-state index contributed by atoms with van der Waals surface area (Å²) in [6.45, 7) is 0. The van der Waals surface area contributed by atoms with E-state index in [9.17, 15) is 4.79 Å². The first-order chi connectivity index (χ1) is 9.33. The molecular weight excluding hydrogens is 256 g/mol. The number of para-hydroxylation sites is 1. The van der Waals surface area contributed by atoms with E-state index in [1.807, 2.05) is 42.5 Å². The molecule has 4 heteroatoms. The minimum Gasteiger partial charge on any atom is -0.322 e. The van der Waals surface area contributed by atoms with Crippen molar-refractivity contribution in [3.05, 3.63) is 70.6 Å². The Morgan fingerprint density at radius 1 is 1.11 bits per heavy atom. The van der Waals surface area contributed by atoms with Crippen LogP contribution in [0.1, 0.15) is 5.56 Å². The van der Waals surface area contributed by atoms with Gasteiger partial charge in [-0.3, -0.25) is 4.79 Å². The summed E-state index contributed by atoms with van der Waals surface area (Å²) in [5, 5.41) is 2.05. The maximum absolute atomic E-state index is 11.6. The van der Waals surface area contributed by atoms with E-state index in [1.54, 1.807) is 24.0 Å². The topological polar surface area (TPSA) is 45.8 Å². The van der Waals surface area contributed by atoms with Gasteiger partial charge < -0.3 is 4.98 Å². The molecule has 0 bridgehead atoms. The predicted octanol–water partition coefficient (Wildman–Crippen LogP) is 3.22. The standard InChI is InChI=1S/C15H12N2OS/c18-14-9-11(10-19-15-7-3-4-8-16-15)12-5-1-2-6-13(12)17-14/h1-9H,10H2,(H,17,18). The Morgan fingerprint density at radius 2 is 1.95 bits per heavy atom. The van der Waals surface area contributed by atoms with Crippen molar-refractivity contribution >= 4 is 22.7 Å². The first kappa shape index (κ1) is 12.0. The number of thioether (sulfide) groups is 1. The van der Waals surface area contributed by atoms with Crippen LogP contribution < -0.4 is 5.56 Å². The highest BCUT2D eigenvalue weighted by Crippen LogP contribution is 2.23. The minimum atomic E-state index is -0.0599. The zero-order chi connectivity index (χ0) is 13.1. The Labute approximate surface area is 114 Å². The molecule has 0 amide bonds. The van der Waals surface area contributed by atoms with Crippen molar-refractivity contribution < 1.29 is 0 Å². The third-order valence-electron chi connectivity index (χ3n) is 2.85. The van der Waals surface area contributed by atoms with Crippen LogP contribution in [0.3, 0.4) is 0 Å². The molecule has 1 N–H and O–H groups in total. The van der Waals surface area contributed by atoms with E-state index in [4.69, 9.17) is 0 Å². The molecule has 0 saturated carbocycles. The fraction of sp³-hybridized carbons (Fsp3) is 0.0667. The van der Waals surface area contributed by atoms with Crippen LogP contribution in [0, 0.1) is 0 Å². The van der Waals surface area contributed by atoms with Crippen molar-refractivity contribution in [2.45, 2.75) is 10.8 Å². The van der Waals surface area contributed by atoms with Gasteiger partial charge in [-0.15, -0.1) is 11.8 Å². The van der Waals surface area contributed by atoms with Gasteiger partial charge in [0.15, 0.2) is 0 Å². The number of nitrogens with one attached hydrogen (secondary N) is 1. The average molecular weight is 268 g/mol. The predicted molar refractivity (Wildman–Crippen MR) is 78.4 cm³/mol. The number of nitrogens with zero attached hydrogens (tertiary/aromatic N) is 1. The maximum Gasteiger partial charge on any atom is 0.248 e. The molecule has 0 atom stereocenters. The zero-order valence-electron chi connectivity index (χ0n) is 10.2. The number of aromatic nitrogens is 2. The molecule has 0 aliphatic rings. The molecule has 0 saturated heterocycles. The van der Waals surface area contributed by atoms with E-state index < -0.39 is 0 Å². The summed E-state index contributed by atoms with van der Waals surface area (Å²) < 4.78 is 0. The molecule has 0 aliphatic carbocycles. The van der Waals surface area contributed by atoms with Gasteiger partial charge in [0.1, 0.15) is 0 Å². The first-order valence-electron chi connectivity index (χ1n) is 5.98. The second-order valence-corrected chi connectivity index (χ2v) is 5.16. The highest BCUT2D eigenvalue weighted by atomic mass is 32.2. The summed E-state index contributed by atoms with van der Waals surface area (Å²) in [6, 6.07) is 15.4. The van der Waals surface area contributed by atoms with Gasteiger partial charge in [-0.1, -0.05) is 24.3 Å². The molecule has 0 spiro atoms. The Morgan fingerprint density at radius 3 is 2.79 bits per heavy atom. The number of benzene rings is 1. The molecule has 2 heterocycles. The molecule has 0 unspecified atom stereocenters. The van der Waals surface area contributed by atoms with E-state index >= 15 is 0 Å². The normalized spacial score (nSPS) is 10.7. The van der Waals surface area contributed by atoms with Crippen LogP contribution in [-0.4, -0.2) is 9.97 Å². The van der Waals surface area contributed by atoms with E-state index in [1.165, 1.54) is 0 Å². The van der Waals surface area contributed by atoms with Crippen LogP contribution in [0.4, 0.5) is 0 Å². The fourth-order valence-corrected chi connectivity index (χ4v) is 2.83. The number of H-pyrrole nitrogens is 1. The lowest BCUT2D eigenvalue weighted by Crippen LogP contribution is -2.05. The van der Waals surface area contributed by atoms with Gasteiger partial charge in [-0.05, 0) is 23.8 Å². The highest BCUT2D eigenvalue weighted by Gasteiger charge is 2.04. The highest BCUT2D eigenvalue weighted by molar-refractivity contribution is 7.98. The largest absolute Gasteiger partial charge is 0.322 e. The molecule has 2 aromatic heterocycles. The van der Waals surface area contributed by atoms with Gasteiger partial charge in [0, 0.05) is 28.9 Å². The maximum atomic E-state index is 11.6. The molecule has 94 valence electrons. The Hall–Kier alpha value is -2.07. The van der Waals surface area contributed by atoms with Crippen molar-refractivity contribution in [2.75, 3.05) is 0 Å². The summed E-state index contributed by atoms with van der Waals surface area (Å²) in [5.74, 6) is 0.738. The van der Waals surface area contributed by atoms with Crippen LogP contribution in [0.15, 0.2) is 64.5 Å². The van der Waals surface area contributed by atoms with Gasteiger partial charge in [-0.25, -0.2) is 4.98 Å². The van der Waals surface area contributed by atoms with Crippen molar-refractivity contribution in [3.8, 4) is 0 Å². The third-order valence-corrected chi connectivity index (χ3v) is 3.84. The van der Waals surface area contributed by atoms with Crippen LogP contribution in [0.5, 0.6) is 0 Å². The van der Waals surface area contributed by atoms with Crippen molar-refractivity contribution in [1.82, 2.24) is 9.97 Å². The molecular formula is C15H12N2OS.